The Morgan fingerprint density at radius 1 is 1.00 bits per heavy atom. The number of nitrogens with one attached hydrogen (secondary N) is 1. The molecule has 31 heavy (non-hydrogen) atoms. The molecule has 158 valence electrons. The van der Waals surface area contributed by atoms with Crippen LogP contribution in [0.15, 0.2) is 83.5 Å². The number of para-hydroxylation sites is 1. The van der Waals surface area contributed by atoms with Gasteiger partial charge in [0.15, 0.2) is 5.76 Å². The zero-order chi connectivity index (χ0) is 21.8. The fraction of sp³-hybridized carbons (Fsp3) is 0.192. The molecule has 1 unspecified atom stereocenters. The summed E-state index contributed by atoms with van der Waals surface area (Å²) in [6.45, 7) is 6.25. The lowest BCUT2D eigenvalue weighted by Gasteiger charge is -2.15. The molecular weight excluding hydrogens is 388 g/mol. The maximum atomic E-state index is 12.7. The molecule has 1 atom stereocenters. The fourth-order valence-electron chi connectivity index (χ4n) is 3.56. The van der Waals surface area contributed by atoms with Gasteiger partial charge in [-0.15, -0.1) is 0 Å². The number of carbonyl (C=O) groups is 1. The number of nitrogens with zero attached hydrogens (tertiary/aromatic N) is 1. The number of rotatable bonds is 7. The third-order valence-electron chi connectivity index (χ3n) is 5.27. The van der Waals surface area contributed by atoms with Crippen LogP contribution in [0.1, 0.15) is 46.0 Å². The predicted octanol–water partition coefficient (Wildman–Crippen LogP) is 5.76. The Labute approximate surface area is 182 Å². The summed E-state index contributed by atoms with van der Waals surface area (Å²) in [5, 5.41) is 3.01. The molecule has 2 heterocycles. The number of hydrogen-bond acceptors (Lipinski definition) is 3. The lowest BCUT2D eigenvalue weighted by Crippen LogP contribution is -2.26. The van der Waals surface area contributed by atoms with E-state index in [-0.39, 0.29) is 24.3 Å². The SMILES string of the molecule is Cc1cccc(C)c1OCc1ccc(C(=O)NC(C)c2cccc(-n3cccc3)c2)o1. The average Bonchev–Trinajstić information content (AvgIpc) is 3.46. The van der Waals surface area contributed by atoms with Crippen LogP contribution < -0.4 is 10.1 Å². The minimum absolute atomic E-state index is 0.164. The summed E-state index contributed by atoms with van der Waals surface area (Å²) in [4.78, 5) is 12.7. The van der Waals surface area contributed by atoms with Gasteiger partial charge < -0.3 is 19.0 Å². The van der Waals surface area contributed by atoms with Crippen LogP contribution >= 0.6 is 0 Å². The van der Waals surface area contributed by atoms with Crippen LogP contribution in [0.25, 0.3) is 5.69 Å². The molecule has 0 aliphatic carbocycles. The Bertz CT molecular complexity index is 1150. The van der Waals surface area contributed by atoms with Gasteiger partial charge in [0.25, 0.3) is 5.91 Å². The first-order valence-electron chi connectivity index (χ1n) is 10.3. The Hall–Kier alpha value is -3.73. The molecule has 1 amide bonds. The van der Waals surface area contributed by atoms with Crippen LogP contribution in [0.3, 0.4) is 0 Å². The van der Waals surface area contributed by atoms with Gasteiger partial charge in [-0.2, -0.15) is 0 Å². The zero-order valence-electron chi connectivity index (χ0n) is 18.0. The second-order valence-corrected chi connectivity index (χ2v) is 7.66. The van der Waals surface area contributed by atoms with Crippen LogP contribution in [0.5, 0.6) is 5.75 Å². The molecule has 0 saturated heterocycles. The Morgan fingerprint density at radius 3 is 2.45 bits per heavy atom. The van der Waals surface area contributed by atoms with Gasteiger partial charge in [-0.3, -0.25) is 4.79 Å². The molecule has 4 aromatic rings. The van der Waals surface area contributed by atoms with Crippen molar-refractivity contribution in [3.63, 3.8) is 0 Å². The molecule has 2 aromatic heterocycles. The minimum Gasteiger partial charge on any atom is -0.485 e. The number of furan rings is 1. The second kappa shape index (κ2) is 8.96. The average molecular weight is 415 g/mol. The molecule has 0 saturated carbocycles. The van der Waals surface area contributed by atoms with Crippen molar-refractivity contribution in [2.24, 2.45) is 0 Å². The number of aromatic nitrogens is 1. The van der Waals surface area contributed by atoms with Gasteiger partial charge >= 0.3 is 0 Å². The van der Waals surface area contributed by atoms with Crippen molar-refractivity contribution < 1.29 is 13.9 Å². The molecule has 0 radical (unpaired) electrons. The molecule has 4 rings (SSSR count). The standard InChI is InChI=1S/C26H26N2O3/c1-18-8-6-9-19(2)25(18)30-17-23-12-13-24(31-23)26(29)27-20(3)21-10-7-11-22(16-21)28-14-4-5-15-28/h4-16,20H,17H2,1-3H3,(H,27,29). The van der Waals surface area contributed by atoms with Crippen LogP contribution in [0.4, 0.5) is 0 Å². The maximum Gasteiger partial charge on any atom is 0.287 e. The number of carbonyl (C=O) groups excluding carboxylic acids is 1. The van der Waals surface area contributed by atoms with Crippen LogP contribution in [0.2, 0.25) is 0 Å². The number of amides is 1. The molecule has 0 bridgehead atoms. The highest BCUT2D eigenvalue weighted by Gasteiger charge is 2.16. The molecule has 0 aliphatic heterocycles. The van der Waals surface area contributed by atoms with Crippen LogP contribution in [-0.2, 0) is 6.61 Å². The zero-order valence-corrected chi connectivity index (χ0v) is 18.0. The van der Waals surface area contributed by atoms with Gasteiger partial charge in [0, 0.05) is 18.1 Å². The highest BCUT2D eigenvalue weighted by Crippen LogP contribution is 2.24. The van der Waals surface area contributed by atoms with E-state index in [1.54, 1.807) is 12.1 Å². The van der Waals surface area contributed by atoms with Crippen LogP contribution in [-0.4, -0.2) is 10.5 Å². The van der Waals surface area contributed by atoms with E-state index < -0.39 is 0 Å². The first kappa shape index (κ1) is 20.5. The third-order valence-corrected chi connectivity index (χ3v) is 5.27. The van der Waals surface area contributed by atoms with Gasteiger partial charge in [0.05, 0.1) is 6.04 Å². The van der Waals surface area contributed by atoms with E-state index in [2.05, 4.69) is 11.4 Å². The van der Waals surface area contributed by atoms with Gasteiger partial charge in [0.1, 0.15) is 18.1 Å². The normalized spacial score (nSPS) is 11.8. The molecule has 2 aromatic carbocycles. The van der Waals surface area contributed by atoms with Gasteiger partial charge in [-0.1, -0.05) is 30.3 Å². The van der Waals surface area contributed by atoms with Gasteiger partial charge in [-0.25, -0.2) is 0 Å². The van der Waals surface area contributed by atoms with Crippen molar-refractivity contribution in [2.75, 3.05) is 0 Å². The predicted molar refractivity (Wildman–Crippen MR) is 121 cm³/mol. The summed E-state index contributed by atoms with van der Waals surface area (Å²) in [5.74, 6) is 1.47. The Kier molecular flexibility index (Phi) is 5.94. The summed E-state index contributed by atoms with van der Waals surface area (Å²) in [7, 11) is 0. The summed E-state index contributed by atoms with van der Waals surface area (Å²) < 4.78 is 13.7. The number of hydrogen-bond donors (Lipinski definition) is 1. The van der Waals surface area contributed by atoms with Gasteiger partial charge in [0.2, 0.25) is 0 Å². The fourth-order valence-corrected chi connectivity index (χ4v) is 3.56. The van der Waals surface area contributed by atoms with E-state index in [9.17, 15) is 4.79 Å². The van der Waals surface area contributed by atoms with E-state index in [4.69, 9.17) is 9.15 Å². The minimum atomic E-state index is -0.253. The highest BCUT2D eigenvalue weighted by molar-refractivity contribution is 5.91. The van der Waals surface area contributed by atoms with Crippen molar-refractivity contribution in [2.45, 2.75) is 33.4 Å². The number of aryl methyl sites for hydroxylation is 2. The number of ether oxygens (including phenoxy) is 1. The first-order chi connectivity index (χ1) is 15.0. The van der Waals surface area contributed by atoms with E-state index in [0.29, 0.717) is 5.76 Å². The molecule has 0 spiro atoms. The number of benzene rings is 2. The largest absolute Gasteiger partial charge is 0.485 e. The molecule has 0 fully saturated rings. The summed E-state index contributed by atoms with van der Waals surface area (Å²) in [6.07, 6.45) is 3.99. The summed E-state index contributed by atoms with van der Waals surface area (Å²) in [6, 6.07) is 21.4. The van der Waals surface area contributed by atoms with Gasteiger partial charge in [-0.05, 0) is 73.9 Å². The Morgan fingerprint density at radius 2 is 1.71 bits per heavy atom. The van der Waals surface area contributed by atoms with E-state index in [0.717, 1.165) is 28.1 Å². The lowest BCUT2D eigenvalue weighted by atomic mass is 10.1. The van der Waals surface area contributed by atoms with Crippen molar-refractivity contribution in [1.82, 2.24) is 9.88 Å². The maximum absolute atomic E-state index is 12.7. The van der Waals surface area contributed by atoms with E-state index in [1.807, 2.05) is 86.3 Å². The monoisotopic (exact) mass is 414 g/mol. The molecular formula is C26H26N2O3. The van der Waals surface area contributed by atoms with Crippen LogP contribution in [0, 0.1) is 13.8 Å². The third kappa shape index (κ3) is 4.72. The lowest BCUT2D eigenvalue weighted by molar-refractivity contribution is 0.0907. The molecule has 0 aliphatic rings. The van der Waals surface area contributed by atoms with E-state index >= 15 is 0 Å². The molecule has 5 heteroatoms. The highest BCUT2D eigenvalue weighted by atomic mass is 16.5. The van der Waals surface area contributed by atoms with E-state index in [1.165, 1.54) is 0 Å². The summed E-state index contributed by atoms with van der Waals surface area (Å²) >= 11 is 0. The smallest absolute Gasteiger partial charge is 0.287 e. The summed E-state index contributed by atoms with van der Waals surface area (Å²) in [5.41, 5.74) is 4.21. The van der Waals surface area contributed by atoms with Crippen molar-refractivity contribution >= 4 is 5.91 Å². The second-order valence-electron chi connectivity index (χ2n) is 7.66. The first-order valence-corrected chi connectivity index (χ1v) is 10.3. The topological polar surface area (TPSA) is 56.4 Å². The molecule has 5 nitrogen and oxygen atoms in total. The quantitative estimate of drug-likeness (QED) is 0.418. The van der Waals surface area contributed by atoms with Crippen molar-refractivity contribution in [1.29, 1.82) is 0 Å². The van der Waals surface area contributed by atoms with Crippen molar-refractivity contribution in [3.05, 3.63) is 107 Å². The van der Waals surface area contributed by atoms with Crippen molar-refractivity contribution in [3.8, 4) is 11.4 Å². The Balaban J connectivity index is 1.39. The molecule has 1 N–H and O–H groups in total.